The maximum atomic E-state index is 12.2. The van der Waals surface area contributed by atoms with Crippen molar-refractivity contribution in [1.29, 1.82) is 0 Å². The molecule has 0 radical (unpaired) electrons. The van der Waals surface area contributed by atoms with Crippen molar-refractivity contribution in [2.45, 2.75) is 58.8 Å². The standard InChI is InChI=1S/C21H28O3/c1-20-9-7-14(23)11-13(20)3-4-15-16-5-6-18(19(24)12-22)21(16,2)10-8-17(15)20/h6,11,15-17,22H,3-5,7-10,12H2,1-2H3. The summed E-state index contributed by atoms with van der Waals surface area (Å²) in [5.74, 6) is 2.03. The summed E-state index contributed by atoms with van der Waals surface area (Å²) < 4.78 is 0. The van der Waals surface area contributed by atoms with Crippen LogP contribution in [0.25, 0.3) is 0 Å². The average molecular weight is 328 g/mol. The van der Waals surface area contributed by atoms with Crippen LogP contribution in [-0.2, 0) is 9.59 Å². The number of hydrogen-bond donors (Lipinski definition) is 1. The molecule has 0 spiro atoms. The summed E-state index contributed by atoms with van der Waals surface area (Å²) in [5.41, 5.74) is 2.41. The Morgan fingerprint density at radius 2 is 1.96 bits per heavy atom. The number of rotatable bonds is 2. The van der Waals surface area contributed by atoms with Crippen molar-refractivity contribution in [3.05, 3.63) is 23.3 Å². The van der Waals surface area contributed by atoms with E-state index in [1.54, 1.807) is 0 Å². The van der Waals surface area contributed by atoms with Gasteiger partial charge in [0.05, 0.1) is 0 Å². The molecule has 0 amide bonds. The molecule has 0 saturated heterocycles. The lowest BCUT2D eigenvalue weighted by molar-refractivity contribution is -0.121. The molecule has 24 heavy (non-hydrogen) atoms. The van der Waals surface area contributed by atoms with Crippen molar-refractivity contribution in [3.8, 4) is 0 Å². The number of aliphatic hydroxyl groups is 1. The van der Waals surface area contributed by atoms with E-state index in [1.807, 2.05) is 6.08 Å². The van der Waals surface area contributed by atoms with Crippen molar-refractivity contribution in [1.82, 2.24) is 0 Å². The predicted octanol–water partition coefficient (Wildman–Crippen LogP) is 3.62. The van der Waals surface area contributed by atoms with Crippen LogP contribution in [0.1, 0.15) is 58.8 Å². The van der Waals surface area contributed by atoms with E-state index in [0.29, 0.717) is 30.0 Å². The van der Waals surface area contributed by atoms with Gasteiger partial charge < -0.3 is 5.11 Å². The molecule has 0 heterocycles. The molecule has 0 bridgehead atoms. The van der Waals surface area contributed by atoms with Crippen LogP contribution in [0.15, 0.2) is 23.3 Å². The van der Waals surface area contributed by atoms with Crippen molar-refractivity contribution < 1.29 is 14.7 Å². The van der Waals surface area contributed by atoms with Gasteiger partial charge in [0, 0.05) is 6.42 Å². The molecule has 5 unspecified atom stereocenters. The zero-order valence-electron chi connectivity index (χ0n) is 14.8. The Balaban J connectivity index is 1.66. The number of carbonyl (C=O) groups is 2. The smallest absolute Gasteiger partial charge is 0.184 e. The highest BCUT2D eigenvalue weighted by Gasteiger charge is 2.57. The van der Waals surface area contributed by atoms with Crippen LogP contribution in [0.4, 0.5) is 0 Å². The predicted molar refractivity (Wildman–Crippen MR) is 92.3 cm³/mol. The molecule has 130 valence electrons. The Kier molecular flexibility index (Phi) is 3.65. The van der Waals surface area contributed by atoms with Crippen molar-refractivity contribution >= 4 is 11.6 Å². The van der Waals surface area contributed by atoms with Crippen LogP contribution in [0, 0.1) is 28.6 Å². The van der Waals surface area contributed by atoms with E-state index in [-0.39, 0.29) is 23.2 Å². The van der Waals surface area contributed by atoms with Crippen LogP contribution in [0.5, 0.6) is 0 Å². The monoisotopic (exact) mass is 328 g/mol. The van der Waals surface area contributed by atoms with Crippen molar-refractivity contribution in [2.75, 3.05) is 6.61 Å². The lowest BCUT2D eigenvalue weighted by atomic mass is 9.47. The average Bonchev–Trinajstić information content (AvgIpc) is 2.92. The maximum Gasteiger partial charge on any atom is 0.184 e. The minimum absolute atomic E-state index is 0.0525. The molecule has 0 aromatic rings. The van der Waals surface area contributed by atoms with Crippen molar-refractivity contribution in [2.24, 2.45) is 28.6 Å². The summed E-state index contributed by atoms with van der Waals surface area (Å²) in [5, 5.41) is 9.32. The van der Waals surface area contributed by atoms with Gasteiger partial charge in [0.2, 0.25) is 0 Å². The zero-order chi connectivity index (χ0) is 17.1. The first-order chi connectivity index (χ1) is 11.4. The third kappa shape index (κ3) is 2.06. The summed E-state index contributed by atoms with van der Waals surface area (Å²) in [4.78, 5) is 24.1. The molecular weight excluding hydrogens is 300 g/mol. The fourth-order valence-corrected chi connectivity index (χ4v) is 6.64. The third-order valence-corrected chi connectivity index (χ3v) is 7.99. The number of Topliss-reactive ketones (excluding diaryl/α,β-unsaturated/α-hetero) is 1. The maximum absolute atomic E-state index is 12.2. The molecule has 4 rings (SSSR count). The number of aliphatic hydroxyl groups excluding tert-OH is 1. The molecule has 4 aliphatic rings. The van der Waals surface area contributed by atoms with E-state index < -0.39 is 0 Å². The fraction of sp³-hybridized carbons (Fsp3) is 0.714. The number of hydrogen-bond acceptors (Lipinski definition) is 3. The van der Waals surface area contributed by atoms with Gasteiger partial charge in [-0.15, -0.1) is 0 Å². The minimum Gasteiger partial charge on any atom is -0.388 e. The van der Waals surface area contributed by atoms with Crippen LogP contribution in [0.2, 0.25) is 0 Å². The van der Waals surface area contributed by atoms with Gasteiger partial charge in [0.25, 0.3) is 0 Å². The Bertz CT molecular complexity index is 658. The molecule has 2 saturated carbocycles. The van der Waals surface area contributed by atoms with Crippen LogP contribution in [-0.4, -0.2) is 23.3 Å². The van der Waals surface area contributed by atoms with Crippen LogP contribution < -0.4 is 0 Å². The molecule has 3 nitrogen and oxygen atoms in total. The van der Waals surface area contributed by atoms with E-state index in [0.717, 1.165) is 44.1 Å². The number of allylic oxidation sites excluding steroid dienone is 3. The Morgan fingerprint density at radius 3 is 2.71 bits per heavy atom. The van der Waals surface area contributed by atoms with Crippen molar-refractivity contribution in [3.63, 3.8) is 0 Å². The first-order valence-corrected chi connectivity index (χ1v) is 9.49. The van der Waals surface area contributed by atoms with Crippen LogP contribution in [0.3, 0.4) is 0 Å². The lowest BCUT2D eigenvalue weighted by Gasteiger charge is -2.57. The number of ketones is 2. The Labute approximate surface area is 144 Å². The van der Waals surface area contributed by atoms with E-state index in [2.05, 4.69) is 19.9 Å². The summed E-state index contributed by atoms with van der Waals surface area (Å²) in [7, 11) is 0. The molecule has 1 N–H and O–H groups in total. The Morgan fingerprint density at radius 1 is 1.17 bits per heavy atom. The third-order valence-electron chi connectivity index (χ3n) is 7.99. The van der Waals surface area contributed by atoms with Gasteiger partial charge in [0.1, 0.15) is 6.61 Å². The summed E-state index contributed by atoms with van der Waals surface area (Å²) in [6, 6.07) is 0. The molecule has 3 heteroatoms. The largest absolute Gasteiger partial charge is 0.388 e. The highest BCUT2D eigenvalue weighted by atomic mass is 16.3. The topological polar surface area (TPSA) is 54.4 Å². The molecule has 5 atom stereocenters. The molecule has 0 aromatic heterocycles. The van der Waals surface area contributed by atoms with Crippen LogP contribution >= 0.6 is 0 Å². The second-order valence-electron chi connectivity index (χ2n) is 8.86. The van der Waals surface area contributed by atoms with Gasteiger partial charge in [-0.05, 0) is 78.8 Å². The van der Waals surface area contributed by atoms with Gasteiger partial charge in [-0.1, -0.05) is 25.5 Å². The minimum atomic E-state index is -0.366. The van der Waals surface area contributed by atoms with Gasteiger partial charge >= 0.3 is 0 Å². The van der Waals surface area contributed by atoms with Gasteiger partial charge in [-0.2, -0.15) is 0 Å². The molecular formula is C21H28O3. The molecule has 2 fully saturated rings. The zero-order valence-corrected chi connectivity index (χ0v) is 14.8. The summed E-state index contributed by atoms with van der Waals surface area (Å²) in [6.45, 7) is 4.26. The van der Waals surface area contributed by atoms with Gasteiger partial charge in [-0.25, -0.2) is 0 Å². The lowest BCUT2D eigenvalue weighted by Crippen LogP contribution is -2.50. The quantitative estimate of drug-likeness (QED) is 0.842. The van der Waals surface area contributed by atoms with Gasteiger partial charge in [-0.3, -0.25) is 9.59 Å². The highest BCUT2D eigenvalue weighted by molar-refractivity contribution is 5.98. The summed E-state index contributed by atoms with van der Waals surface area (Å²) >= 11 is 0. The molecule has 0 aromatic carbocycles. The molecule has 4 aliphatic carbocycles. The first-order valence-electron chi connectivity index (χ1n) is 9.49. The second kappa shape index (κ2) is 5.39. The normalized spacial score (nSPS) is 44.1. The molecule has 0 aliphatic heterocycles. The SMILES string of the molecule is CC12CCC(=O)C=C1CCC1C2CCC2(C)C(C(=O)CO)=CCC12. The first kappa shape index (κ1) is 16.3. The van der Waals surface area contributed by atoms with E-state index in [1.165, 1.54) is 5.57 Å². The summed E-state index contributed by atoms with van der Waals surface area (Å²) in [6.07, 6.45) is 11.1. The van der Waals surface area contributed by atoms with E-state index in [4.69, 9.17) is 0 Å². The van der Waals surface area contributed by atoms with Gasteiger partial charge in [0.15, 0.2) is 11.6 Å². The second-order valence-corrected chi connectivity index (χ2v) is 8.86. The van der Waals surface area contributed by atoms with E-state index >= 15 is 0 Å². The van der Waals surface area contributed by atoms with E-state index in [9.17, 15) is 14.7 Å². The highest BCUT2D eigenvalue weighted by Crippen LogP contribution is 2.65. The fourth-order valence-electron chi connectivity index (χ4n) is 6.64. The number of carbonyl (C=O) groups excluding carboxylic acids is 2. The Hall–Kier alpha value is -1.22. The number of fused-ring (bicyclic) bond motifs is 5.